The van der Waals surface area contributed by atoms with Crippen molar-refractivity contribution >= 4 is 46.6 Å². The van der Waals surface area contributed by atoms with Crippen LogP contribution in [0.25, 0.3) is 11.8 Å². The van der Waals surface area contributed by atoms with E-state index in [9.17, 15) is 14.4 Å². The van der Waals surface area contributed by atoms with Gasteiger partial charge < -0.3 is 9.67 Å². The van der Waals surface area contributed by atoms with Crippen LogP contribution in [0.15, 0.2) is 59.5 Å². The van der Waals surface area contributed by atoms with Crippen molar-refractivity contribution in [1.82, 2.24) is 9.47 Å². The van der Waals surface area contributed by atoms with Crippen LogP contribution in [0.1, 0.15) is 32.9 Å². The molecule has 4 rings (SSSR count). The van der Waals surface area contributed by atoms with Gasteiger partial charge in [-0.05, 0) is 85.3 Å². The summed E-state index contributed by atoms with van der Waals surface area (Å²) < 4.78 is 1.98. The zero-order valence-electron chi connectivity index (χ0n) is 17.3. The maximum absolute atomic E-state index is 12.9. The van der Waals surface area contributed by atoms with Crippen molar-refractivity contribution in [3.8, 4) is 5.69 Å². The fourth-order valence-corrected chi connectivity index (χ4v) is 4.72. The molecule has 2 amide bonds. The van der Waals surface area contributed by atoms with Crippen LogP contribution in [0, 0.1) is 13.8 Å². The van der Waals surface area contributed by atoms with Crippen LogP contribution in [-0.2, 0) is 11.3 Å². The highest BCUT2D eigenvalue weighted by molar-refractivity contribution is 8.18. The molecule has 6 nitrogen and oxygen atoms in total. The van der Waals surface area contributed by atoms with Crippen molar-refractivity contribution in [2.45, 2.75) is 20.4 Å². The van der Waals surface area contributed by atoms with E-state index in [1.807, 2.05) is 30.5 Å². The van der Waals surface area contributed by atoms with Gasteiger partial charge in [-0.3, -0.25) is 14.5 Å². The van der Waals surface area contributed by atoms with Crippen molar-refractivity contribution in [3.05, 3.63) is 92.6 Å². The molecule has 0 saturated carbocycles. The first-order valence-electron chi connectivity index (χ1n) is 9.77. The van der Waals surface area contributed by atoms with E-state index in [-0.39, 0.29) is 23.3 Å². The molecule has 32 heavy (non-hydrogen) atoms. The number of aromatic nitrogens is 1. The molecule has 0 aliphatic carbocycles. The summed E-state index contributed by atoms with van der Waals surface area (Å²) in [5, 5.41) is 9.34. The number of hydrogen-bond acceptors (Lipinski definition) is 4. The number of hydrogen-bond donors (Lipinski definition) is 1. The number of thioether (sulfide) groups is 1. The molecule has 2 heterocycles. The molecule has 8 heteroatoms. The number of carbonyl (C=O) groups excluding carboxylic acids is 2. The van der Waals surface area contributed by atoms with Gasteiger partial charge in [0, 0.05) is 22.1 Å². The Morgan fingerprint density at radius 1 is 1.09 bits per heavy atom. The van der Waals surface area contributed by atoms with Gasteiger partial charge in [0.2, 0.25) is 0 Å². The highest BCUT2D eigenvalue weighted by atomic mass is 35.5. The monoisotopic (exact) mass is 466 g/mol. The van der Waals surface area contributed by atoms with E-state index in [1.54, 1.807) is 48.5 Å². The molecule has 1 saturated heterocycles. The summed E-state index contributed by atoms with van der Waals surface area (Å²) in [6, 6.07) is 15.6. The largest absolute Gasteiger partial charge is 0.478 e. The maximum atomic E-state index is 12.9. The van der Waals surface area contributed by atoms with E-state index in [4.69, 9.17) is 16.7 Å². The second-order valence-electron chi connectivity index (χ2n) is 7.41. The quantitative estimate of drug-likeness (QED) is 0.489. The number of carboxylic acids is 1. The lowest BCUT2D eigenvalue weighted by molar-refractivity contribution is -0.123. The molecule has 0 atom stereocenters. The lowest BCUT2D eigenvalue weighted by Crippen LogP contribution is -2.27. The summed E-state index contributed by atoms with van der Waals surface area (Å²) in [6.45, 7) is 4.01. The van der Waals surface area contributed by atoms with Crippen LogP contribution < -0.4 is 0 Å². The molecule has 1 aromatic heterocycles. The molecule has 0 spiro atoms. The molecule has 1 fully saturated rings. The minimum atomic E-state index is -0.980. The third-order valence-corrected chi connectivity index (χ3v) is 6.38. The van der Waals surface area contributed by atoms with Gasteiger partial charge in [0.15, 0.2) is 0 Å². The number of carbonyl (C=O) groups is 3. The fourth-order valence-electron chi connectivity index (χ4n) is 3.68. The lowest BCUT2D eigenvalue weighted by Gasteiger charge is -2.12. The lowest BCUT2D eigenvalue weighted by atomic mass is 10.2. The van der Waals surface area contributed by atoms with Crippen LogP contribution in [-0.4, -0.2) is 31.7 Å². The van der Waals surface area contributed by atoms with E-state index < -0.39 is 5.97 Å². The highest BCUT2D eigenvalue weighted by Crippen LogP contribution is 2.35. The Balaban J connectivity index is 1.61. The van der Waals surface area contributed by atoms with Crippen molar-refractivity contribution in [2.75, 3.05) is 0 Å². The first-order chi connectivity index (χ1) is 15.2. The molecule has 2 aromatic carbocycles. The van der Waals surface area contributed by atoms with Gasteiger partial charge in [0.25, 0.3) is 11.1 Å². The van der Waals surface area contributed by atoms with E-state index in [1.165, 1.54) is 4.90 Å². The minimum Gasteiger partial charge on any atom is -0.478 e. The number of aryl methyl sites for hydroxylation is 1. The normalized spacial score (nSPS) is 15.1. The zero-order valence-corrected chi connectivity index (χ0v) is 18.9. The Bertz CT molecular complexity index is 1280. The van der Waals surface area contributed by atoms with Crippen molar-refractivity contribution < 1.29 is 19.5 Å². The van der Waals surface area contributed by atoms with Gasteiger partial charge >= 0.3 is 5.97 Å². The predicted octanol–water partition coefficient (Wildman–Crippen LogP) is 5.68. The van der Waals surface area contributed by atoms with Gasteiger partial charge in [-0.1, -0.05) is 23.7 Å². The van der Waals surface area contributed by atoms with Crippen molar-refractivity contribution in [3.63, 3.8) is 0 Å². The van der Waals surface area contributed by atoms with Crippen LogP contribution in [0.2, 0.25) is 5.02 Å². The van der Waals surface area contributed by atoms with Gasteiger partial charge in [-0.2, -0.15) is 0 Å². The van der Waals surface area contributed by atoms with Crippen molar-refractivity contribution in [2.24, 2.45) is 0 Å². The van der Waals surface area contributed by atoms with Gasteiger partial charge in [0.1, 0.15) is 0 Å². The number of nitrogens with zero attached hydrogens (tertiary/aromatic N) is 2. The summed E-state index contributed by atoms with van der Waals surface area (Å²) in [5.41, 5.74) is 4.44. The molecular weight excluding hydrogens is 448 g/mol. The molecular formula is C24H19ClN2O4S. The van der Waals surface area contributed by atoms with Gasteiger partial charge in [0.05, 0.1) is 17.0 Å². The molecule has 0 radical (unpaired) electrons. The van der Waals surface area contributed by atoms with Crippen LogP contribution >= 0.6 is 23.4 Å². The predicted molar refractivity (Wildman–Crippen MR) is 125 cm³/mol. The third-order valence-electron chi connectivity index (χ3n) is 5.23. The van der Waals surface area contributed by atoms with Crippen LogP contribution in [0.3, 0.4) is 0 Å². The average molecular weight is 467 g/mol. The Hall–Kier alpha value is -3.29. The SMILES string of the molecule is Cc1cc(/C=C2\SC(=O)N(Cc3cccc(Cl)c3)C2=O)c(C)n1-c1ccc(C(=O)O)cc1. The van der Waals surface area contributed by atoms with Crippen LogP contribution in [0.5, 0.6) is 0 Å². The van der Waals surface area contributed by atoms with E-state index >= 15 is 0 Å². The number of amides is 2. The number of imide groups is 1. The summed E-state index contributed by atoms with van der Waals surface area (Å²) in [7, 11) is 0. The minimum absolute atomic E-state index is 0.164. The number of benzene rings is 2. The van der Waals surface area contributed by atoms with Gasteiger partial charge in [-0.15, -0.1) is 0 Å². The number of carboxylic acid groups (broad SMARTS) is 1. The smallest absolute Gasteiger partial charge is 0.335 e. The number of aromatic carboxylic acids is 1. The molecule has 162 valence electrons. The molecule has 0 unspecified atom stereocenters. The fraction of sp³-hybridized carbons (Fsp3) is 0.125. The third kappa shape index (κ3) is 4.22. The zero-order chi connectivity index (χ0) is 23.0. The molecule has 0 bridgehead atoms. The van der Waals surface area contributed by atoms with Crippen LogP contribution in [0.4, 0.5) is 4.79 Å². The first kappa shape index (κ1) is 21.9. The van der Waals surface area contributed by atoms with Crippen molar-refractivity contribution in [1.29, 1.82) is 0 Å². The maximum Gasteiger partial charge on any atom is 0.335 e. The average Bonchev–Trinajstić information content (AvgIpc) is 3.17. The summed E-state index contributed by atoms with van der Waals surface area (Å²) in [5.74, 6) is -1.32. The first-order valence-corrected chi connectivity index (χ1v) is 11.0. The Morgan fingerprint density at radius 2 is 1.81 bits per heavy atom. The van der Waals surface area contributed by atoms with E-state index in [2.05, 4.69) is 0 Å². The molecule has 3 aromatic rings. The second-order valence-corrected chi connectivity index (χ2v) is 8.84. The van der Waals surface area contributed by atoms with E-state index in [0.29, 0.717) is 9.93 Å². The Labute approximate surface area is 194 Å². The summed E-state index contributed by atoms with van der Waals surface area (Å²) >= 11 is 6.93. The number of halogens is 1. The molecule has 1 aliphatic heterocycles. The van der Waals surface area contributed by atoms with Gasteiger partial charge in [-0.25, -0.2) is 4.79 Å². The summed E-state index contributed by atoms with van der Waals surface area (Å²) in [4.78, 5) is 38.1. The molecule has 1 aliphatic rings. The standard InChI is InChI=1S/C24H19ClN2O4S/c1-14-10-18(15(2)27(14)20-8-6-17(7-9-20)23(29)30)12-21-22(28)26(24(31)32-21)13-16-4-3-5-19(25)11-16/h3-12H,13H2,1-2H3,(H,29,30)/b21-12-. The van der Waals surface area contributed by atoms with E-state index in [0.717, 1.165) is 40.0 Å². The highest BCUT2D eigenvalue weighted by Gasteiger charge is 2.35. The topological polar surface area (TPSA) is 79.6 Å². The summed E-state index contributed by atoms with van der Waals surface area (Å²) in [6.07, 6.45) is 1.73. The second kappa shape index (κ2) is 8.68. The number of rotatable bonds is 5. The Morgan fingerprint density at radius 3 is 2.47 bits per heavy atom. The molecule has 1 N–H and O–H groups in total. The Kier molecular flexibility index (Phi) is 5.95.